The van der Waals surface area contributed by atoms with Crippen molar-refractivity contribution in [1.82, 2.24) is 19.3 Å². The zero-order valence-corrected chi connectivity index (χ0v) is 20.9. The van der Waals surface area contributed by atoms with Crippen molar-refractivity contribution in [2.75, 3.05) is 31.4 Å². The number of methoxy groups -OCH3 is 1. The van der Waals surface area contributed by atoms with Crippen molar-refractivity contribution in [1.29, 1.82) is 0 Å². The van der Waals surface area contributed by atoms with Crippen LogP contribution in [0.1, 0.15) is 46.5 Å². The molecular formula is C25H29F3N6O3. The van der Waals surface area contributed by atoms with Gasteiger partial charge in [-0.3, -0.25) is 9.20 Å². The molecule has 12 heteroatoms. The number of rotatable bonds is 5. The average molecular weight is 519 g/mol. The van der Waals surface area contributed by atoms with Crippen LogP contribution in [0.2, 0.25) is 0 Å². The molecular weight excluding hydrogens is 489 g/mol. The molecule has 0 aliphatic carbocycles. The number of benzene rings is 1. The van der Waals surface area contributed by atoms with E-state index in [0.29, 0.717) is 49.8 Å². The first-order valence-corrected chi connectivity index (χ1v) is 12.0. The van der Waals surface area contributed by atoms with Gasteiger partial charge in [0.1, 0.15) is 5.82 Å². The van der Waals surface area contributed by atoms with Crippen molar-refractivity contribution in [3.8, 4) is 0 Å². The number of nitrogens with two attached hydrogens (primary N) is 1. The normalized spacial score (nSPS) is 17.3. The Balaban J connectivity index is 1.48. The molecule has 37 heavy (non-hydrogen) atoms. The maximum Gasteiger partial charge on any atom is 0.416 e. The summed E-state index contributed by atoms with van der Waals surface area (Å²) in [6.45, 7) is 4.91. The number of aromatic nitrogens is 3. The van der Waals surface area contributed by atoms with Crippen LogP contribution < -0.4 is 11.1 Å². The minimum atomic E-state index is -4.51. The topological polar surface area (TPSA) is 107 Å². The molecule has 4 heterocycles. The smallest absolute Gasteiger partial charge is 0.399 e. The SMILES string of the molecule is COC1(C(=O)N2Cc3c(NCc4cc(N)cc(C(F)(F)F)c4C)nc4ncc(C)n4c3C2)CCOCC1. The van der Waals surface area contributed by atoms with Gasteiger partial charge >= 0.3 is 6.18 Å². The lowest BCUT2D eigenvalue weighted by molar-refractivity contribution is -0.167. The third-order valence-corrected chi connectivity index (χ3v) is 7.38. The Bertz CT molecular complexity index is 1360. The summed E-state index contributed by atoms with van der Waals surface area (Å²) in [5, 5.41) is 3.20. The van der Waals surface area contributed by atoms with Crippen LogP contribution in [0.4, 0.5) is 24.7 Å². The van der Waals surface area contributed by atoms with Gasteiger partial charge in [-0.25, -0.2) is 4.98 Å². The molecule has 1 aromatic carbocycles. The fraction of sp³-hybridized carbons (Fsp3) is 0.480. The van der Waals surface area contributed by atoms with E-state index in [9.17, 15) is 18.0 Å². The summed E-state index contributed by atoms with van der Waals surface area (Å²) in [6.07, 6.45) is -1.88. The molecule has 9 nitrogen and oxygen atoms in total. The summed E-state index contributed by atoms with van der Waals surface area (Å²) in [5.41, 5.74) is 7.13. The number of carbonyl (C=O) groups is 1. The molecule has 2 aliphatic heterocycles. The number of amides is 1. The molecule has 3 aromatic rings. The lowest BCUT2D eigenvalue weighted by atomic mass is 9.92. The Morgan fingerprint density at radius 3 is 2.65 bits per heavy atom. The van der Waals surface area contributed by atoms with Crippen LogP contribution in [0.15, 0.2) is 18.3 Å². The second-order valence-electron chi connectivity index (χ2n) is 9.60. The van der Waals surface area contributed by atoms with Crippen LogP contribution in [-0.4, -0.2) is 51.1 Å². The maximum atomic E-state index is 13.6. The van der Waals surface area contributed by atoms with Crippen LogP contribution in [-0.2, 0) is 40.1 Å². The molecule has 1 fully saturated rings. The van der Waals surface area contributed by atoms with Gasteiger partial charge < -0.3 is 25.4 Å². The summed E-state index contributed by atoms with van der Waals surface area (Å²) >= 11 is 0. The number of hydrogen-bond acceptors (Lipinski definition) is 7. The van der Waals surface area contributed by atoms with E-state index in [1.54, 1.807) is 18.2 Å². The Hall–Kier alpha value is -3.38. The summed E-state index contributed by atoms with van der Waals surface area (Å²) in [4.78, 5) is 24.4. The minimum Gasteiger partial charge on any atom is -0.399 e. The van der Waals surface area contributed by atoms with Gasteiger partial charge in [0.15, 0.2) is 5.60 Å². The van der Waals surface area contributed by atoms with Gasteiger partial charge in [-0.2, -0.15) is 18.2 Å². The van der Waals surface area contributed by atoms with Gasteiger partial charge in [-0.1, -0.05) is 0 Å². The second-order valence-corrected chi connectivity index (χ2v) is 9.60. The Morgan fingerprint density at radius 2 is 1.97 bits per heavy atom. The van der Waals surface area contributed by atoms with E-state index in [2.05, 4.69) is 15.3 Å². The molecule has 2 aliphatic rings. The van der Waals surface area contributed by atoms with Gasteiger partial charge in [-0.05, 0) is 37.1 Å². The maximum absolute atomic E-state index is 13.6. The fourth-order valence-electron chi connectivity index (χ4n) is 5.28. The molecule has 2 aromatic heterocycles. The molecule has 5 rings (SSSR count). The standard InChI is InChI=1S/C25H29F3N6O3/c1-14-10-31-23-32-21(30-11-16-8-17(29)9-19(15(16)2)25(26,27)28)18-12-33(13-20(18)34(14)23)22(35)24(36-3)4-6-37-7-5-24/h8-10H,4-7,11-13,29H2,1-3H3,(H,30,31,32). The number of nitrogen functional groups attached to an aromatic ring is 1. The van der Waals surface area contributed by atoms with Crippen molar-refractivity contribution < 1.29 is 27.4 Å². The average Bonchev–Trinajstić information content (AvgIpc) is 3.47. The molecule has 0 bridgehead atoms. The van der Waals surface area contributed by atoms with Gasteiger partial charge in [-0.15, -0.1) is 0 Å². The summed E-state index contributed by atoms with van der Waals surface area (Å²) in [6, 6.07) is 2.47. The van der Waals surface area contributed by atoms with Gasteiger partial charge in [0.05, 0.1) is 30.5 Å². The number of ether oxygens (including phenoxy) is 2. The van der Waals surface area contributed by atoms with Crippen LogP contribution in [0.5, 0.6) is 0 Å². The van der Waals surface area contributed by atoms with Crippen molar-refractivity contribution in [2.24, 2.45) is 0 Å². The van der Waals surface area contributed by atoms with Gasteiger partial charge in [0, 0.05) is 56.7 Å². The number of halogens is 3. The summed E-state index contributed by atoms with van der Waals surface area (Å²) < 4.78 is 53.6. The van der Waals surface area contributed by atoms with E-state index in [-0.39, 0.29) is 30.2 Å². The Labute approximate surface area is 211 Å². The number of imidazole rings is 1. The molecule has 1 amide bonds. The second kappa shape index (κ2) is 9.18. The number of anilines is 2. The number of hydrogen-bond donors (Lipinski definition) is 2. The zero-order valence-electron chi connectivity index (χ0n) is 20.9. The van der Waals surface area contributed by atoms with Crippen LogP contribution in [0.3, 0.4) is 0 Å². The van der Waals surface area contributed by atoms with E-state index < -0.39 is 17.3 Å². The van der Waals surface area contributed by atoms with E-state index in [0.717, 1.165) is 23.0 Å². The third kappa shape index (κ3) is 4.37. The number of fused-ring (bicyclic) bond motifs is 3. The molecule has 198 valence electrons. The predicted molar refractivity (Wildman–Crippen MR) is 130 cm³/mol. The highest BCUT2D eigenvalue weighted by Crippen LogP contribution is 2.37. The van der Waals surface area contributed by atoms with Crippen LogP contribution >= 0.6 is 0 Å². The molecule has 0 atom stereocenters. The van der Waals surface area contributed by atoms with E-state index >= 15 is 0 Å². The predicted octanol–water partition coefficient (Wildman–Crippen LogP) is 3.60. The van der Waals surface area contributed by atoms with Crippen molar-refractivity contribution in [3.05, 3.63) is 52.0 Å². The quantitative estimate of drug-likeness (QED) is 0.497. The Morgan fingerprint density at radius 1 is 1.24 bits per heavy atom. The number of nitrogens with zero attached hydrogens (tertiary/aromatic N) is 4. The lowest BCUT2D eigenvalue weighted by Crippen LogP contribution is -2.51. The van der Waals surface area contributed by atoms with E-state index in [4.69, 9.17) is 15.2 Å². The van der Waals surface area contributed by atoms with Gasteiger partial charge in [0.25, 0.3) is 5.91 Å². The van der Waals surface area contributed by atoms with Crippen molar-refractivity contribution in [2.45, 2.75) is 58.1 Å². The first kappa shape index (κ1) is 25.3. The zero-order chi connectivity index (χ0) is 26.5. The molecule has 1 saturated heterocycles. The fourth-order valence-corrected chi connectivity index (χ4v) is 5.28. The number of aryl methyl sites for hydroxylation is 1. The molecule has 0 saturated carbocycles. The molecule has 0 spiro atoms. The monoisotopic (exact) mass is 518 g/mol. The number of alkyl halides is 3. The van der Waals surface area contributed by atoms with E-state index in [1.807, 2.05) is 11.3 Å². The lowest BCUT2D eigenvalue weighted by Gasteiger charge is -2.37. The highest BCUT2D eigenvalue weighted by molar-refractivity contribution is 5.86. The molecule has 0 radical (unpaired) electrons. The minimum absolute atomic E-state index is 0.0327. The van der Waals surface area contributed by atoms with Crippen LogP contribution in [0, 0.1) is 13.8 Å². The largest absolute Gasteiger partial charge is 0.416 e. The third-order valence-electron chi connectivity index (χ3n) is 7.38. The van der Waals surface area contributed by atoms with Gasteiger partial charge in [0.2, 0.25) is 5.78 Å². The van der Waals surface area contributed by atoms with Crippen molar-refractivity contribution in [3.63, 3.8) is 0 Å². The van der Waals surface area contributed by atoms with E-state index in [1.165, 1.54) is 13.0 Å². The molecule has 0 unspecified atom stereocenters. The first-order chi connectivity index (χ1) is 17.5. The van der Waals surface area contributed by atoms with Crippen molar-refractivity contribution >= 4 is 23.2 Å². The van der Waals surface area contributed by atoms with Crippen LogP contribution in [0.25, 0.3) is 5.78 Å². The Kier molecular flexibility index (Phi) is 6.27. The first-order valence-electron chi connectivity index (χ1n) is 12.0. The number of nitrogens with one attached hydrogen (secondary N) is 1. The summed E-state index contributed by atoms with van der Waals surface area (Å²) in [7, 11) is 1.54. The summed E-state index contributed by atoms with van der Waals surface area (Å²) in [5.74, 6) is 0.797. The highest BCUT2D eigenvalue weighted by Gasteiger charge is 2.45. The molecule has 3 N–H and O–H groups in total. The number of carbonyl (C=O) groups excluding carboxylic acids is 1. The highest BCUT2D eigenvalue weighted by atomic mass is 19.4.